The molecular weight excluding hydrogens is 224 g/mol. The average molecular weight is 244 g/mol. The molecule has 0 saturated heterocycles. The molecule has 1 aromatic heterocycles. The summed E-state index contributed by atoms with van der Waals surface area (Å²) in [6, 6.07) is 4.31. The summed E-state index contributed by atoms with van der Waals surface area (Å²) in [5.41, 5.74) is 3.16. The van der Waals surface area contributed by atoms with Crippen LogP contribution in [0.2, 0.25) is 0 Å². The molecule has 0 aliphatic heterocycles. The van der Waals surface area contributed by atoms with E-state index in [4.69, 9.17) is 4.98 Å². The molecule has 0 amide bonds. The van der Waals surface area contributed by atoms with Gasteiger partial charge >= 0.3 is 0 Å². The van der Waals surface area contributed by atoms with Crippen LogP contribution in [0.5, 0.6) is 0 Å². The molecule has 1 N–H and O–H groups in total. The lowest BCUT2D eigenvalue weighted by Crippen LogP contribution is -2.29. The van der Waals surface area contributed by atoms with E-state index in [-0.39, 0.29) is 0 Å². The first-order valence-corrected chi connectivity index (χ1v) is 6.55. The Hall–Kier alpha value is -1.60. The van der Waals surface area contributed by atoms with Gasteiger partial charge in [-0.05, 0) is 44.4 Å². The summed E-state index contributed by atoms with van der Waals surface area (Å²) in [7, 11) is 3.93. The lowest BCUT2D eigenvalue weighted by atomic mass is 9.95. The first-order valence-electron chi connectivity index (χ1n) is 6.55. The molecule has 0 unspecified atom stereocenters. The number of nitriles is 1. The molecule has 1 aliphatic rings. The highest BCUT2D eigenvalue weighted by atomic mass is 15.2. The number of pyridine rings is 1. The highest BCUT2D eigenvalue weighted by Crippen LogP contribution is 2.25. The van der Waals surface area contributed by atoms with Crippen LogP contribution in [0.3, 0.4) is 0 Å². The highest BCUT2D eigenvalue weighted by molar-refractivity contribution is 5.56. The Balaban J connectivity index is 2.31. The van der Waals surface area contributed by atoms with Crippen molar-refractivity contribution in [1.29, 1.82) is 5.26 Å². The maximum absolute atomic E-state index is 9.26. The summed E-state index contributed by atoms with van der Waals surface area (Å²) < 4.78 is 0. The minimum absolute atomic E-state index is 0.703. The van der Waals surface area contributed by atoms with Crippen molar-refractivity contribution in [2.45, 2.75) is 25.7 Å². The molecule has 4 heteroatoms. The number of fused-ring (bicyclic) bond motifs is 1. The zero-order valence-corrected chi connectivity index (χ0v) is 11.2. The van der Waals surface area contributed by atoms with Crippen molar-refractivity contribution >= 4 is 5.82 Å². The Bertz CT molecular complexity index is 462. The minimum Gasteiger partial charge on any atom is -0.357 e. The van der Waals surface area contributed by atoms with Crippen LogP contribution in [-0.2, 0) is 12.8 Å². The van der Waals surface area contributed by atoms with Crippen molar-refractivity contribution in [3.05, 3.63) is 22.9 Å². The molecule has 96 valence electrons. The number of rotatable bonds is 4. The Morgan fingerprint density at radius 2 is 2.22 bits per heavy atom. The zero-order chi connectivity index (χ0) is 13.0. The SMILES string of the molecule is CNCCN(C)c1nc2c(cc1C#N)CCCC2. The predicted molar refractivity (Wildman–Crippen MR) is 72.8 cm³/mol. The molecule has 2 rings (SSSR count). The van der Waals surface area contributed by atoms with E-state index in [1.807, 2.05) is 20.2 Å². The molecule has 1 aliphatic carbocycles. The van der Waals surface area contributed by atoms with Gasteiger partial charge < -0.3 is 10.2 Å². The predicted octanol–water partition coefficient (Wildman–Crippen LogP) is 1.49. The Morgan fingerprint density at radius 3 is 2.94 bits per heavy atom. The van der Waals surface area contributed by atoms with Gasteiger partial charge in [-0.15, -0.1) is 0 Å². The largest absolute Gasteiger partial charge is 0.357 e. The maximum Gasteiger partial charge on any atom is 0.146 e. The molecular formula is C14H20N4. The van der Waals surface area contributed by atoms with Gasteiger partial charge in [-0.2, -0.15) is 5.26 Å². The van der Waals surface area contributed by atoms with Crippen molar-refractivity contribution < 1.29 is 0 Å². The van der Waals surface area contributed by atoms with Crippen molar-refractivity contribution in [3.8, 4) is 6.07 Å². The first-order chi connectivity index (χ1) is 8.76. The van der Waals surface area contributed by atoms with Crippen LogP contribution in [0.25, 0.3) is 0 Å². The Kier molecular flexibility index (Phi) is 4.16. The zero-order valence-electron chi connectivity index (χ0n) is 11.2. The third-order valence-electron chi connectivity index (χ3n) is 3.46. The fourth-order valence-corrected chi connectivity index (χ4v) is 2.38. The quantitative estimate of drug-likeness (QED) is 0.872. The molecule has 4 nitrogen and oxygen atoms in total. The van der Waals surface area contributed by atoms with Gasteiger partial charge in [-0.1, -0.05) is 0 Å². The third-order valence-corrected chi connectivity index (χ3v) is 3.46. The smallest absolute Gasteiger partial charge is 0.146 e. The van der Waals surface area contributed by atoms with Gasteiger partial charge in [-0.3, -0.25) is 0 Å². The summed E-state index contributed by atoms with van der Waals surface area (Å²) >= 11 is 0. The van der Waals surface area contributed by atoms with E-state index >= 15 is 0 Å². The van der Waals surface area contributed by atoms with E-state index < -0.39 is 0 Å². The molecule has 1 aromatic rings. The number of aryl methyl sites for hydroxylation is 2. The molecule has 0 bridgehead atoms. The number of nitrogens with zero attached hydrogens (tertiary/aromatic N) is 3. The van der Waals surface area contributed by atoms with Crippen molar-refractivity contribution in [2.75, 3.05) is 32.1 Å². The number of likely N-dealkylation sites (N-methyl/N-ethyl adjacent to an activating group) is 2. The van der Waals surface area contributed by atoms with Crippen LogP contribution in [-0.4, -0.2) is 32.2 Å². The van der Waals surface area contributed by atoms with E-state index in [1.54, 1.807) is 0 Å². The van der Waals surface area contributed by atoms with Gasteiger partial charge in [0, 0.05) is 25.8 Å². The molecule has 1 heterocycles. The monoisotopic (exact) mass is 244 g/mol. The Labute approximate surface area is 109 Å². The standard InChI is InChI=1S/C14H20N4/c1-16-7-8-18(2)14-12(10-15)9-11-5-3-4-6-13(11)17-14/h9,16H,3-8H2,1-2H3. The summed E-state index contributed by atoms with van der Waals surface area (Å²) in [5.74, 6) is 0.827. The fraction of sp³-hybridized carbons (Fsp3) is 0.571. The van der Waals surface area contributed by atoms with Crippen LogP contribution >= 0.6 is 0 Å². The molecule has 0 saturated carbocycles. The van der Waals surface area contributed by atoms with E-state index in [2.05, 4.69) is 16.3 Å². The van der Waals surface area contributed by atoms with Gasteiger partial charge in [0.05, 0.1) is 5.56 Å². The van der Waals surface area contributed by atoms with Crippen LogP contribution in [0.4, 0.5) is 5.82 Å². The van der Waals surface area contributed by atoms with Gasteiger partial charge in [0.2, 0.25) is 0 Å². The Morgan fingerprint density at radius 1 is 1.44 bits per heavy atom. The van der Waals surface area contributed by atoms with Gasteiger partial charge in [-0.25, -0.2) is 4.98 Å². The van der Waals surface area contributed by atoms with Crippen molar-refractivity contribution in [3.63, 3.8) is 0 Å². The van der Waals surface area contributed by atoms with E-state index in [0.29, 0.717) is 5.56 Å². The van der Waals surface area contributed by atoms with E-state index in [0.717, 1.165) is 31.7 Å². The van der Waals surface area contributed by atoms with Crippen LogP contribution < -0.4 is 10.2 Å². The van der Waals surface area contributed by atoms with Crippen LogP contribution in [0.15, 0.2) is 6.07 Å². The number of hydrogen-bond acceptors (Lipinski definition) is 4. The third kappa shape index (κ3) is 2.62. The molecule has 0 aromatic carbocycles. The maximum atomic E-state index is 9.26. The van der Waals surface area contributed by atoms with Crippen molar-refractivity contribution in [2.24, 2.45) is 0 Å². The minimum atomic E-state index is 0.703. The topological polar surface area (TPSA) is 52.0 Å². The second kappa shape index (κ2) is 5.83. The van der Waals surface area contributed by atoms with Crippen LogP contribution in [0, 0.1) is 11.3 Å². The molecule has 0 atom stereocenters. The molecule has 0 spiro atoms. The summed E-state index contributed by atoms with van der Waals surface area (Å²) in [6.45, 7) is 1.75. The van der Waals surface area contributed by atoms with Gasteiger partial charge in [0.1, 0.15) is 11.9 Å². The van der Waals surface area contributed by atoms with E-state index in [9.17, 15) is 5.26 Å². The highest BCUT2D eigenvalue weighted by Gasteiger charge is 2.16. The lowest BCUT2D eigenvalue weighted by molar-refractivity contribution is 0.664. The fourth-order valence-electron chi connectivity index (χ4n) is 2.38. The summed E-state index contributed by atoms with van der Waals surface area (Å²) in [5, 5.41) is 12.4. The molecule has 0 fully saturated rings. The molecule has 0 radical (unpaired) electrons. The summed E-state index contributed by atoms with van der Waals surface area (Å²) in [4.78, 5) is 6.77. The number of hydrogen-bond donors (Lipinski definition) is 1. The normalized spacial score (nSPS) is 13.8. The van der Waals surface area contributed by atoms with Crippen molar-refractivity contribution in [1.82, 2.24) is 10.3 Å². The second-order valence-corrected chi connectivity index (χ2v) is 4.81. The average Bonchev–Trinajstić information content (AvgIpc) is 2.43. The van der Waals surface area contributed by atoms with Gasteiger partial charge in [0.25, 0.3) is 0 Å². The van der Waals surface area contributed by atoms with Gasteiger partial charge in [0.15, 0.2) is 0 Å². The number of aromatic nitrogens is 1. The number of anilines is 1. The first kappa shape index (κ1) is 12.8. The number of nitrogens with one attached hydrogen (secondary N) is 1. The molecule has 18 heavy (non-hydrogen) atoms. The van der Waals surface area contributed by atoms with Crippen LogP contribution in [0.1, 0.15) is 29.7 Å². The lowest BCUT2D eigenvalue weighted by Gasteiger charge is -2.23. The second-order valence-electron chi connectivity index (χ2n) is 4.81. The van der Waals surface area contributed by atoms with E-state index in [1.165, 1.54) is 24.1 Å². The summed E-state index contributed by atoms with van der Waals surface area (Å²) in [6.07, 6.45) is 4.55.